The van der Waals surface area contributed by atoms with Gasteiger partial charge in [-0.1, -0.05) is 0 Å². The molecule has 1 aliphatic rings. The maximum absolute atomic E-state index is 12.5. The van der Waals surface area contributed by atoms with Gasteiger partial charge >= 0.3 is 12.0 Å². The fourth-order valence-electron chi connectivity index (χ4n) is 2.28. The molecule has 110 valence electrons. The standard InChI is InChI=1S/C13H25N3O3/c1-6-16(13(3,4)11(17)18)12(19)15-8-7-14(5)10(2)9-15/h10H,6-9H2,1-5H3,(H,17,18). The number of hydrogen-bond donors (Lipinski definition) is 1. The van der Waals surface area contributed by atoms with Gasteiger partial charge in [0.05, 0.1) is 0 Å². The number of rotatable bonds is 3. The Labute approximate surface area is 115 Å². The van der Waals surface area contributed by atoms with Gasteiger partial charge in [-0.2, -0.15) is 0 Å². The second kappa shape index (κ2) is 5.77. The normalized spacial score (nSPS) is 21.3. The molecule has 6 nitrogen and oxygen atoms in total. The highest BCUT2D eigenvalue weighted by atomic mass is 16.4. The van der Waals surface area contributed by atoms with Gasteiger partial charge in [0.25, 0.3) is 0 Å². The molecule has 1 saturated heterocycles. The number of carbonyl (C=O) groups excluding carboxylic acids is 1. The summed E-state index contributed by atoms with van der Waals surface area (Å²) in [5, 5.41) is 9.26. The van der Waals surface area contributed by atoms with Crippen LogP contribution in [0.3, 0.4) is 0 Å². The number of carbonyl (C=O) groups is 2. The van der Waals surface area contributed by atoms with Crippen molar-refractivity contribution in [1.82, 2.24) is 14.7 Å². The second-order valence-electron chi connectivity index (χ2n) is 5.67. The molecule has 1 aliphatic heterocycles. The Bertz CT molecular complexity index is 357. The van der Waals surface area contributed by atoms with Crippen LogP contribution < -0.4 is 0 Å². The van der Waals surface area contributed by atoms with Crippen LogP contribution in [0.15, 0.2) is 0 Å². The third-order valence-corrected chi connectivity index (χ3v) is 3.98. The van der Waals surface area contributed by atoms with Crippen molar-refractivity contribution in [3.05, 3.63) is 0 Å². The van der Waals surface area contributed by atoms with Crippen molar-refractivity contribution in [1.29, 1.82) is 0 Å². The molecule has 0 bridgehead atoms. The van der Waals surface area contributed by atoms with Crippen LogP contribution in [0.4, 0.5) is 4.79 Å². The smallest absolute Gasteiger partial charge is 0.329 e. The largest absolute Gasteiger partial charge is 0.480 e. The van der Waals surface area contributed by atoms with Crippen molar-refractivity contribution < 1.29 is 14.7 Å². The average molecular weight is 271 g/mol. The lowest BCUT2D eigenvalue weighted by molar-refractivity contribution is -0.147. The highest BCUT2D eigenvalue weighted by molar-refractivity contribution is 5.85. The highest BCUT2D eigenvalue weighted by Gasteiger charge is 2.39. The summed E-state index contributed by atoms with van der Waals surface area (Å²) in [4.78, 5) is 29.2. The van der Waals surface area contributed by atoms with Gasteiger partial charge in [0.15, 0.2) is 0 Å². The first kappa shape index (κ1) is 15.8. The zero-order valence-electron chi connectivity index (χ0n) is 12.5. The van der Waals surface area contributed by atoms with Crippen LogP contribution >= 0.6 is 0 Å². The van der Waals surface area contributed by atoms with E-state index in [1.54, 1.807) is 18.7 Å². The molecule has 1 heterocycles. The topological polar surface area (TPSA) is 64.1 Å². The number of aliphatic carboxylic acids is 1. The van der Waals surface area contributed by atoms with E-state index in [2.05, 4.69) is 11.8 Å². The minimum absolute atomic E-state index is 0.185. The van der Waals surface area contributed by atoms with Gasteiger partial charge in [0.2, 0.25) is 0 Å². The monoisotopic (exact) mass is 271 g/mol. The number of hydrogen-bond acceptors (Lipinski definition) is 3. The van der Waals surface area contributed by atoms with Gasteiger partial charge in [-0.25, -0.2) is 9.59 Å². The summed E-state index contributed by atoms with van der Waals surface area (Å²) in [7, 11) is 2.03. The maximum atomic E-state index is 12.5. The van der Waals surface area contributed by atoms with Gasteiger partial charge in [-0.3, -0.25) is 0 Å². The van der Waals surface area contributed by atoms with Crippen LogP contribution in [0.1, 0.15) is 27.7 Å². The Hall–Kier alpha value is -1.30. The number of piperazine rings is 1. The van der Waals surface area contributed by atoms with Crippen LogP contribution in [-0.4, -0.2) is 76.6 Å². The molecule has 1 unspecified atom stereocenters. The summed E-state index contributed by atoms with van der Waals surface area (Å²) in [5.41, 5.74) is -1.18. The Morgan fingerprint density at radius 2 is 1.95 bits per heavy atom. The summed E-state index contributed by atoms with van der Waals surface area (Å²) < 4.78 is 0. The SMILES string of the molecule is CCN(C(=O)N1CCN(C)C(C)C1)C(C)(C)C(=O)O. The zero-order valence-corrected chi connectivity index (χ0v) is 12.5. The minimum atomic E-state index is -1.18. The summed E-state index contributed by atoms with van der Waals surface area (Å²) in [6, 6.07) is 0.110. The first-order valence-corrected chi connectivity index (χ1v) is 6.72. The summed E-state index contributed by atoms with van der Waals surface area (Å²) in [5.74, 6) is -0.982. The lowest BCUT2D eigenvalue weighted by Gasteiger charge is -2.43. The molecule has 0 aromatic carbocycles. The molecule has 1 atom stereocenters. The third-order valence-electron chi connectivity index (χ3n) is 3.98. The summed E-state index contributed by atoms with van der Waals surface area (Å²) in [6.45, 7) is 9.50. The van der Waals surface area contributed by atoms with E-state index in [1.165, 1.54) is 4.90 Å². The third kappa shape index (κ3) is 3.18. The Morgan fingerprint density at radius 1 is 1.37 bits per heavy atom. The fraction of sp³-hybridized carbons (Fsp3) is 0.846. The number of carboxylic acids is 1. The van der Waals surface area contributed by atoms with E-state index in [-0.39, 0.29) is 6.03 Å². The number of amides is 2. The molecule has 1 N–H and O–H groups in total. The molecule has 1 rings (SSSR count). The van der Waals surface area contributed by atoms with E-state index < -0.39 is 11.5 Å². The Balaban J connectivity index is 2.83. The van der Waals surface area contributed by atoms with Gasteiger partial charge in [0.1, 0.15) is 5.54 Å². The van der Waals surface area contributed by atoms with Crippen LogP contribution in [-0.2, 0) is 4.79 Å². The predicted molar refractivity (Wildman–Crippen MR) is 73.2 cm³/mol. The lowest BCUT2D eigenvalue weighted by atomic mass is 10.0. The number of likely N-dealkylation sites (N-methyl/N-ethyl adjacent to an activating group) is 2. The molecule has 0 spiro atoms. The van der Waals surface area contributed by atoms with E-state index in [0.717, 1.165) is 6.54 Å². The molecule has 6 heteroatoms. The maximum Gasteiger partial charge on any atom is 0.329 e. The molecule has 0 radical (unpaired) electrons. The molecule has 2 amide bonds. The molecular weight excluding hydrogens is 246 g/mol. The van der Waals surface area contributed by atoms with E-state index in [1.807, 2.05) is 14.0 Å². The molecule has 0 aromatic heterocycles. The Kier molecular flexibility index (Phi) is 4.79. The zero-order chi connectivity index (χ0) is 14.8. The molecule has 0 aliphatic carbocycles. The minimum Gasteiger partial charge on any atom is -0.480 e. The van der Waals surface area contributed by atoms with E-state index >= 15 is 0 Å². The number of urea groups is 1. The van der Waals surface area contributed by atoms with Crippen LogP contribution in [0.5, 0.6) is 0 Å². The van der Waals surface area contributed by atoms with Gasteiger partial charge in [-0.15, -0.1) is 0 Å². The van der Waals surface area contributed by atoms with E-state index in [4.69, 9.17) is 0 Å². The van der Waals surface area contributed by atoms with E-state index in [0.29, 0.717) is 25.7 Å². The number of carboxylic acid groups (broad SMARTS) is 1. The van der Waals surface area contributed by atoms with Crippen LogP contribution in [0, 0.1) is 0 Å². The van der Waals surface area contributed by atoms with E-state index in [9.17, 15) is 14.7 Å². The van der Waals surface area contributed by atoms with Crippen molar-refractivity contribution >= 4 is 12.0 Å². The van der Waals surface area contributed by atoms with Crippen molar-refractivity contribution in [3.8, 4) is 0 Å². The first-order chi connectivity index (χ1) is 8.71. The summed E-state index contributed by atoms with van der Waals surface area (Å²) >= 11 is 0. The van der Waals surface area contributed by atoms with Crippen molar-refractivity contribution in [2.45, 2.75) is 39.3 Å². The molecule has 1 fully saturated rings. The van der Waals surface area contributed by atoms with Gasteiger partial charge in [-0.05, 0) is 34.7 Å². The summed E-state index contributed by atoms with van der Waals surface area (Å²) in [6.07, 6.45) is 0. The van der Waals surface area contributed by atoms with Crippen LogP contribution in [0.2, 0.25) is 0 Å². The lowest BCUT2D eigenvalue weighted by Crippen LogP contribution is -2.61. The highest BCUT2D eigenvalue weighted by Crippen LogP contribution is 2.18. The van der Waals surface area contributed by atoms with Gasteiger partial charge in [0, 0.05) is 32.2 Å². The molecule has 0 saturated carbocycles. The van der Waals surface area contributed by atoms with Crippen molar-refractivity contribution in [2.24, 2.45) is 0 Å². The van der Waals surface area contributed by atoms with Gasteiger partial charge < -0.3 is 19.8 Å². The van der Waals surface area contributed by atoms with Crippen molar-refractivity contribution in [3.63, 3.8) is 0 Å². The Morgan fingerprint density at radius 3 is 2.37 bits per heavy atom. The quantitative estimate of drug-likeness (QED) is 0.829. The average Bonchev–Trinajstić information content (AvgIpc) is 2.32. The fourth-order valence-corrected chi connectivity index (χ4v) is 2.28. The molecule has 0 aromatic rings. The van der Waals surface area contributed by atoms with Crippen LogP contribution in [0.25, 0.3) is 0 Å². The number of nitrogens with zero attached hydrogens (tertiary/aromatic N) is 3. The second-order valence-corrected chi connectivity index (χ2v) is 5.67. The molecular formula is C13H25N3O3. The predicted octanol–water partition coefficient (Wildman–Crippen LogP) is 0.927. The molecule has 19 heavy (non-hydrogen) atoms. The van der Waals surface area contributed by atoms with Crippen molar-refractivity contribution in [2.75, 3.05) is 33.2 Å². The first-order valence-electron chi connectivity index (χ1n) is 6.72.